The summed E-state index contributed by atoms with van der Waals surface area (Å²) in [6, 6.07) is 22.6. The number of benzene rings is 3. The zero-order chi connectivity index (χ0) is 26.5. The van der Waals surface area contributed by atoms with Gasteiger partial charge in [0.1, 0.15) is 5.75 Å². The molecule has 2 aliphatic rings. The van der Waals surface area contributed by atoms with Crippen molar-refractivity contribution in [1.29, 1.82) is 0 Å². The molecule has 2 fully saturated rings. The van der Waals surface area contributed by atoms with E-state index in [1.54, 1.807) is 13.2 Å². The van der Waals surface area contributed by atoms with Crippen LogP contribution in [0, 0.1) is 0 Å². The molecule has 6 heteroatoms. The number of methoxy groups -OCH3 is 1. The Balaban J connectivity index is 1.48. The number of hydrogen-bond donors (Lipinski definition) is 0. The summed E-state index contributed by atoms with van der Waals surface area (Å²) in [4.78, 5) is 23.0. The van der Waals surface area contributed by atoms with Crippen molar-refractivity contribution in [1.82, 2.24) is 9.80 Å². The summed E-state index contributed by atoms with van der Waals surface area (Å²) >= 11 is 0. The lowest BCUT2D eigenvalue weighted by molar-refractivity contribution is 0.104. The molecular weight excluding hydrogens is 472 g/mol. The fraction of sp³-hybridized carbons (Fsp3) is 0.344. The van der Waals surface area contributed by atoms with Gasteiger partial charge in [0.15, 0.2) is 5.78 Å². The van der Waals surface area contributed by atoms with E-state index in [4.69, 9.17) is 4.74 Å². The van der Waals surface area contributed by atoms with Crippen LogP contribution in [0.4, 0.5) is 11.4 Å². The highest BCUT2D eigenvalue weighted by molar-refractivity contribution is 6.10. The Morgan fingerprint density at radius 3 is 2.03 bits per heavy atom. The molecule has 0 unspecified atom stereocenters. The van der Waals surface area contributed by atoms with Crippen LogP contribution in [0.3, 0.4) is 0 Å². The molecule has 0 aromatic heterocycles. The van der Waals surface area contributed by atoms with Crippen molar-refractivity contribution in [2.75, 3.05) is 83.4 Å². The van der Waals surface area contributed by atoms with Crippen LogP contribution in [0.15, 0.2) is 72.8 Å². The van der Waals surface area contributed by atoms with E-state index < -0.39 is 0 Å². The van der Waals surface area contributed by atoms with E-state index >= 15 is 0 Å². The number of ether oxygens (including phenoxy) is 1. The van der Waals surface area contributed by atoms with Gasteiger partial charge >= 0.3 is 0 Å². The Morgan fingerprint density at radius 2 is 1.34 bits per heavy atom. The molecule has 38 heavy (non-hydrogen) atoms. The molecule has 3 aromatic rings. The zero-order valence-corrected chi connectivity index (χ0v) is 22.8. The number of allylic oxidation sites excluding steroid dienone is 1. The number of para-hydroxylation sites is 2. The number of rotatable bonds is 7. The first kappa shape index (κ1) is 26.0. The molecule has 2 aliphatic heterocycles. The first-order valence-electron chi connectivity index (χ1n) is 13.5. The zero-order valence-electron chi connectivity index (χ0n) is 22.8. The Kier molecular flexibility index (Phi) is 8.11. The van der Waals surface area contributed by atoms with Gasteiger partial charge in [0.2, 0.25) is 0 Å². The number of carbonyl (C=O) groups excluding carboxylic acids is 1. The third-order valence-corrected chi connectivity index (χ3v) is 7.72. The second-order valence-electron chi connectivity index (χ2n) is 10.3. The topological polar surface area (TPSA) is 39.3 Å². The summed E-state index contributed by atoms with van der Waals surface area (Å²) in [6.45, 7) is 7.84. The van der Waals surface area contributed by atoms with Gasteiger partial charge in [-0.1, -0.05) is 36.4 Å². The van der Waals surface area contributed by atoms with Gasteiger partial charge in [-0.3, -0.25) is 4.79 Å². The summed E-state index contributed by atoms with van der Waals surface area (Å²) < 4.78 is 5.64. The number of nitrogens with zero attached hydrogens (tertiary/aromatic N) is 4. The van der Waals surface area contributed by atoms with Crippen molar-refractivity contribution in [2.24, 2.45) is 0 Å². The van der Waals surface area contributed by atoms with Gasteiger partial charge in [-0.2, -0.15) is 0 Å². The maximum Gasteiger partial charge on any atom is 0.187 e. The Bertz CT molecular complexity index is 1290. The second-order valence-corrected chi connectivity index (χ2v) is 10.3. The fourth-order valence-corrected chi connectivity index (χ4v) is 5.33. The second kappa shape index (κ2) is 11.8. The smallest absolute Gasteiger partial charge is 0.187 e. The van der Waals surface area contributed by atoms with E-state index in [2.05, 4.69) is 64.0 Å². The molecule has 0 saturated carbocycles. The summed E-state index contributed by atoms with van der Waals surface area (Å²) in [6.07, 6.45) is 3.74. The Labute approximate surface area is 226 Å². The van der Waals surface area contributed by atoms with Crippen LogP contribution < -0.4 is 14.5 Å². The van der Waals surface area contributed by atoms with Crippen LogP contribution in [-0.4, -0.2) is 89.1 Å². The van der Waals surface area contributed by atoms with Crippen LogP contribution in [0.1, 0.15) is 15.9 Å². The van der Waals surface area contributed by atoms with Gasteiger partial charge < -0.3 is 24.3 Å². The Morgan fingerprint density at radius 1 is 0.737 bits per heavy atom. The standard InChI is InChI=1S/C32H38N4O2/c1-33-16-20-35(21-17-33)29-14-12-25(27-8-5-7-11-32(27)38-3)24-26(29)13-15-31(37)28-9-4-6-10-30(28)36-22-18-34(2)19-23-36/h4-15,24H,16-23H2,1-3H3. The average Bonchev–Trinajstić information content (AvgIpc) is 2.96. The third kappa shape index (κ3) is 5.77. The van der Waals surface area contributed by atoms with E-state index in [1.165, 1.54) is 0 Å². The van der Waals surface area contributed by atoms with Crippen molar-refractivity contribution in [3.63, 3.8) is 0 Å². The van der Waals surface area contributed by atoms with E-state index in [-0.39, 0.29) is 5.78 Å². The predicted molar refractivity (Wildman–Crippen MR) is 158 cm³/mol. The largest absolute Gasteiger partial charge is 0.496 e. The van der Waals surface area contributed by atoms with Gasteiger partial charge in [0.05, 0.1) is 7.11 Å². The highest BCUT2D eigenvalue weighted by Gasteiger charge is 2.20. The minimum atomic E-state index is 0.0338. The molecule has 0 spiro atoms. The molecule has 0 aliphatic carbocycles. The fourth-order valence-electron chi connectivity index (χ4n) is 5.33. The van der Waals surface area contributed by atoms with E-state index in [0.717, 1.165) is 91.7 Å². The molecule has 2 saturated heterocycles. The van der Waals surface area contributed by atoms with Crippen molar-refractivity contribution >= 4 is 23.2 Å². The van der Waals surface area contributed by atoms with Crippen LogP contribution in [-0.2, 0) is 0 Å². The Hall–Kier alpha value is -3.61. The molecule has 0 radical (unpaired) electrons. The number of carbonyl (C=O) groups is 1. The molecule has 5 rings (SSSR count). The van der Waals surface area contributed by atoms with Crippen LogP contribution >= 0.6 is 0 Å². The summed E-state index contributed by atoms with van der Waals surface area (Å²) in [5, 5.41) is 0. The number of ketones is 1. The lowest BCUT2D eigenvalue weighted by atomic mass is 9.99. The van der Waals surface area contributed by atoms with E-state index in [9.17, 15) is 4.79 Å². The van der Waals surface area contributed by atoms with Crippen molar-refractivity contribution < 1.29 is 9.53 Å². The number of hydrogen-bond acceptors (Lipinski definition) is 6. The van der Waals surface area contributed by atoms with Gasteiger partial charge in [-0.15, -0.1) is 0 Å². The van der Waals surface area contributed by atoms with Gasteiger partial charge in [0.25, 0.3) is 0 Å². The lowest BCUT2D eigenvalue weighted by Crippen LogP contribution is -2.45. The molecule has 0 bridgehead atoms. The van der Waals surface area contributed by atoms with Gasteiger partial charge in [-0.05, 0) is 67.7 Å². The number of piperazine rings is 2. The van der Waals surface area contributed by atoms with E-state index in [0.29, 0.717) is 0 Å². The summed E-state index contributed by atoms with van der Waals surface area (Å²) in [5.41, 5.74) is 6.11. The average molecular weight is 511 g/mol. The monoisotopic (exact) mass is 510 g/mol. The highest BCUT2D eigenvalue weighted by Crippen LogP contribution is 2.34. The first-order valence-corrected chi connectivity index (χ1v) is 13.5. The maximum absolute atomic E-state index is 13.6. The lowest BCUT2D eigenvalue weighted by Gasteiger charge is -2.35. The van der Waals surface area contributed by atoms with Crippen molar-refractivity contribution in [3.05, 3.63) is 83.9 Å². The molecule has 3 aromatic carbocycles. The third-order valence-electron chi connectivity index (χ3n) is 7.72. The minimum Gasteiger partial charge on any atom is -0.496 e. The summed E-state index contributed by atoms with van der Waals surface area (Å²) in [7, 11) is 6.02. The maximum atomic E-state index is 13.6. The predicted octanol–water partition coefficient (Wildman–Crippen LogP) is 4.76. The molecule has 198 valence electrons. The van der Waals surface area contributed by atoms with Crippen molar-refractivity contribution in [3.8, 4) is 16.9 Å². The quantitative estimate of drug-likeness (QED) is 0.337. The van der Waals surface area contributed by atoms with Gasteiger partial charge in [0, 0.05) is 74.9 Å². The highest BCUT2D eigenvalue weighted by atomic mass is 16.5. The van der Waals surface area contributed by atoms with Crippen LogP contribution in [0.25, 0.3) is 17.2 Å². The molecule has 6 nitrogen and oxygen atoms in total. The minimum absolute atomic E-state index is 0.0338. The molecule has 0 atom stereocenters. The molecule has 2 heterocycles. The normalized spacial score (nSPS) is 17.2. The molecule has 0 amide bonds. The van der Waals surface area contributed by atoms with Crippen molar-refractivity contribution in [2.45, 2.75) is 0 Å². The van der Waals surface area contributed by atoms with Gasteiger partial charge in [-0.25, -0.2) is 0 Å². The van der Waals surface area contributed by atoms with Crippen LogP contribution in [0.2, 0.25) is 0 Å². The molecule has 0 N–H and O–H groups in total. The number of likely N-dealkylation sites (N-methyl/N-ethyl adjacent to an activating group) is 2. The van der Waals surface area contributed by atoms with Crippen LogP contribution in [0.5, 0.6) is 5.75 Å². The number of anilines is 2. The van der Waals surface area contributed by atoms with E-state index in [1.807, 2.05) is 42.5 Å². The first-order chi connectivity index (χ1) is 18.5. The molecular formula is C32H38N4O2. The summed E-state index contributed by atoms with van der Waals surface area (Å²) in [5.74, 6) is 0.874. The SMILES string of the molecule is COc1ccccc1-c1ccc(N2CCN(C)CC2)c(C=CC(=O)c2ccccc2N2CCN(C)CC2)c1.